The maximum Gasteiger partial charge on any atom is 0.263 e. The molecule has 0 saturated carbocycles. The van der Waals surface area contributed by atoms with Crippen molar-refractivity contribution in [1.82, 2.24) is 19.4 Å². The Labute approximate surface area is 232 Å². The second kappa shape index (κ2) is 11.8. The van der Waals surface area contributed by atoms with Crippen LogP contribution in [0.3, 0.4) is 0 Å². The van der Waals surface area contributed by atoms with Crippen LogP contribution >= 0.6 is 0 Å². The Balaban J connectivity index is 1.22. The molecule has 3 heterocycles. The molecule has 0 aliphatic carbocycles. The van der Waals surface area contributed by atoms with Crippen molar-refractivity contribution in [3.63, 3.8) is 0 Å². The first-order chi connectivity index (χ1) is 18.9. The van der Waals surface area contributed by atoms with Crippen LogP contribution in [0.2, 0.25) is 0 Å². The average Bonchev–Trinajstić information content (AvgIpc) is 3.31. The monoisotopic (exact) mass is 530 g/mol. The molecule has 0 unspecified atom stereocenters. The summed E-state index contributed by atoms with van der Waals surface area (Å²) in [6, 6.07) is 16.3. The third-order valence-electron chi connectivity index (χ3n) is 8.77. The second-order valence-electron chi connectivity index (χ2n) is 11.4. The number of aryl methyl sites for hydroxylation is 3. The molecule has 1 saturated heterocycles. The topological polar surface area (TPSA) is 67.7 Å². The normalized spacial score (nSPS) is 20.3. The van der Waals surface area contributed by atoms with Crippen LogP contribution in [-0.2, 0) is 29.0 Å². The lowest BCUT2D eigenvalue weighted by atomic mass is 9.73. The molecule has 2 aliphatic rings. The number of likely N-dealkylation sites (N-methyl/N-ethyl adjacent to an activating group) is 1. The summed E-state index contributed by atoms with van der Waals surface area (Å²) in [5.41, 5.74) is 3.33. The standard InChI is InChI=1S/C32H42N4O3/c1-4-36-27-14-7-6-13-26(27)33-29(36)16-17-30(37)35-21-19-32(20-22-35)18-10-9-12-25-11-5-8-15-28(25)39-24(2)31(38)34(3)23-32/h5-8,11,13-15,24H,4,9-10,12,16-23H2,1-3H3/t24-/m1/s1. The zero-order valence-electron chi connectivity index (χ0n) is 23.7. The molecule has 2 amide bonds. The van der Waals surface area contributed by atoms with E-state index in [-0.39, 0.29) is 17.2 Å². The van der Waals surface area contributed by atoms with Gasteiger partial charge >= 0.3 is 0 Å². The van der Waals surface area contributed by atoms with Gasteiger partial charge in [-0.2, -0.15) is 0 Å². The van der Waals surface area contributed by atoms with Gasteiger partial charge in [0.05, 0.1) is 11.0 Å². The van der Waals surface area contributed by atoms with Crippen molar-refractivity contribution in [2.75, 3.05) is 26.7 Å². The molecule has 3 aromatic rings. The zero-order valence-corrected chi connectivity index (χ0v) is 23.7. The molecule has 0 bridgehead atoms. The smallest absolute Gasteiger partial charge is 0.263 e. The molecular weight excluding hydrogens is 488 g/mol. The van der Waals surface area contributed by atoms with Gasteiger partial charge in [0.15, 0.2) is 6.10 Å². The first-order valence-corrected chi connectivity index (χ1v) is 14.6. The second-order valence-corrected chi connectivity index (χ2v) is 11.4. The van der Waals surface area contributed by atoms with Crippen LogP contribution in [-0.4, -0.2) is 64.0 Å². The summed E-state index contributed by atoms with van der Waals surface area (Å²) in [6.07, 6.45) is 6.68. The highest BCUT2D eigenvalue weighted by molar-refractivity contribution is 5.81. The van der Waals surface area contributed by atoms with Gasteiger partial charge in [0.25, 0.3) is 5.91 Å². The minimum absolute atomic E-state index is 0.0158. The SMILES string of the molecule is CCn1c(CCC(=O)N2CCC3(CCCCc4ccccc4O[C@H](C)C(=O)N(C)C3)CC2)nc2ccccc21. The van der Waals surface area contributed by atoms with Gasteiger partial charge in [0.1, 0.15) is 11.6 Å². The number of imidazole rings is 1. The van der Waals surface area contributed by atoms with Crippen molar-refractivity contribution < 1.29 is 14.3 Å². The maximum atomic E-state index is 13.2. The highest BCUT2D eigenvalue weighted by atomic mass is 16.5. The van der Waals surface area contributed by atoms with Gasteiger partial charge in [-0.3, -0.25) is 9.59 Å². The van der Waals surface area contributed by atoms with E-state index in [1.807, 2.05) is 60.2 Å². The maximum absolute atomic E-state index is 13.2. The first-order valence-electron chi connectivity index (χ1n) is 14.6. The molecule has 2 aliphatic heterocycles. The fourth-order valence-electron chi connectivity index (χ4n) is 6.54. The quantitative estimate of drug-likeness (QED) is 0.462. The molecule has 7 heteroatoms. The fraction of sp³-hybridized carbons (Fsp3) is 0.531. The summed E-state index contributed by atoms with van der Waals surface area (Å²) in [4.78, 5) is 35.2. The lowest BCUT2D eigenvalue weighted by Crippen LogP contribution is -2.50. The number of benzene rings is 2. The van der Waals surface area contributed by atoms with E-state index in [0.717, 1.165) is 80.8 Å². The average molecular weight is 531 g/mol. The van der Waals surface area contributed by atoms with E-state index in [4.69, 9.17) is 9.72 Å². The van der Waals surface area contributed by atoms with Crippen LogP contribution in [0.1, 0.15) is 63.8 Å². The fourth-order valence-corrected chi connectivity index (χ4v) is 6.54. The number of amides is 2. The number of nitrogens with zero attached hydrogens (tertiary/aromatic N) is 4. The van der Waals surface area contributed by atoms with E-state index in [0.29, 0.717) is 19.4 Å². The number of hydrogen-bond donors (Lipinski definition) is 0. The van der Waals surface area contributed by atoms with Gasteiger partial charge in [-0.1, -0.05) is 36.8 Å². The van der Waals surface area contributed by atoms with Crippen molar-refractivity contribution in [1.29, 1.82) is 0 Å². The molecule has 39 heavy (non-hydrogen) atoms. The summed E-state index contributed by atoms with van der Waals surface area (Å²) >= 11 is 0. The number of aromatic nitrogens is 2. The Morgan fingerprint density at radius 3 is 2.59 bits per heavy atom. The molecule has 0 N–H and O–H groups in total. The molecule has 1 fully saturated rings. The summed E-state index contributed by atoms with van der Waals surface area (Å²) in [5, 5.41) is 0. The molecular formula is C32H42N4O3. The molecule has 1 atom stereocenters. The van der Waals surface area contributed by atoms with E-state index >= 15 is 0 Å². The van der Waals surface area contributed by atoms with E-state index in [1.54, 1.807) is 0 Å². The highest BCUT2D eigenvalue weighted by Gasteiger charge is 2.38. The summed E-state index contributed by atoms with van der Waals surface area (Å²) in [7, 11) is 1.90. The minimum atomic E-state index is -0.526. The van der Waals surface area contributed by atoms with E-state index < -0.39 is 6.10 Å². The van der Waals surface area contributed by atoms with Crippen LogP contribution in [0.25, 0.3) is 11.0 Å². The van der Waals surface area contributed by atoms with E-state index in [9.17, 15) is 9.59 Å². The first kappa shape index (κ1) is 27.2. The largest absolute Gasteiger partial charge is 0.481 e. The lowest BCUT2D eigenvalue weighted by molar-refractivity contribution is -0.140. The molecule has 1 spiro atoms. The number of carbonyl (C=O) groups excluding carboxylic acids is 2. The number of likely N-dealkylation sites (tertiary alicyclic amines) is 1. The predicted octanol–water partition coefficient (Wildman–Crippen LogP) is 5.25. The van der Waals surface area contributed by atoms with Crippen molar-refractivity contribution in [2.24, 2.45) is 5.41 Å². The third kappa shape index (κ3) is 5.97. The summed E-state index contributed by atoms with van der Waals surface area (Å²) in [5.74, 6) is 2.03. The molecule has 208 valence electrons. The molecule has 2 aromatic carbocycles. The lowest BCUT2D eigenvalue weighted by Gasteiger charge is -2.44. The number of ether oxygens (including phenoxy) is 1. The Kier molecular flexibility index (Phi) is 8.24. The predicted molar refractivity (Wildman–Crippen MR) is 154 cm³/mol. The van der Waals surface area contributed by atoms with E-state index in [2.05, 4.69) is 23.6 Å². The van der Waals surface area contributed by atoms with Gasteiger partial charge in [-0.25, -0.2) is 4.98 Å². The van der Waals surface area contributed by atoms with Gasteiger partial charge in [-0.15, -0.1) is 0 Å². The van der Waals surface area contributed by atoms with Gasteiger partial charge in [0, 0.05) is 46.1 Å². The van der Waals surface area contributed by atoms with Crippen LogP contribution in [0, 0.1) is 5.41 Å². The molecule has 0 radical (unpaired) electrons. The Morgan fingerprint density at radius 2 is 1.79 bits per heavy atom. The Morgan fingerprint density at radius 1 is 1.05 bits per heavy atom. The molecule has 7 nitrogen and oxygen atoms in total. The van der Waals surface area contributed by atoms with Crippen LogP contribution in [0.5, 0.6) is 5.75 Å². The van der Waals surface area contributed by atoms with Gasteiger partial charge in [0.2, 0.25) is 5.91 Å². The molecule has 1 aromatic heterocycles. The number of piperidine rings is 1. The van der Waals surface area contributed by atoms with E-state index in [1.165, 1.54) is 5.56 Å². The number of para-hydroxylation sites is 3. The minimum Gasteiger partial charge on any atom is -0.481 e. The van der Waals surface area contributed by atoms with Crippen molar-refractivity contribution >= 4 is 22.8 Å². The van der Waals surface area contributed by atoms with Crippen LogP contribution in [0.15, 0.2) is 48.5 Å². The number of carbonyl (C=O) groups is 2. The summed E-state index contributed by atoms with van der Waals surface area (Å²) < 4.78 is 8.34. The van der Waals surface area contributed by atoms with Gasteiger partial charge in [-0.05, 0) is 75.1 Å². The number of rotatable bonds is 4. The molecule has 5 rings (SSSR count). The van der Waals surface area contributed by atoms with Crippen LogP contribution in [0.4, 0.5) is 0 Å². The Hall–Kier alpha value is -3.35. The highest BCUT2D eigenvalue weighted by Crippen LogP contribution is 2.38. The van der Waals surface area contributed by atoms with Crippen molar-refractivity contribution in [3.8, 4) is 5.75 Å². The summed E-state index contributed by atoms with van der Waals surface area (Å²) in [6.45, 7) is 7.03. The zero-order chi connectivity index (χ0) is 27.4. The number of hydrogen-bond acceptors (Lipinski definition) is 4. The van der Waals surface area contributed by atoms with Crippen molar-refractivity contribution in [3.05, 3.63) is 59.9 Å². The van der Waals surface area contributed by atoms with Crippen molar-refractivity contribution in [2.45, 2.75) is 77.9 Å². The van der Waals surface area contributed by atoms with Gasteiger partial charge < -0.3 is 19.1 Å². The number of fused-ring (bicyclic) bond motifs is 2. The third-order valence-corrected chi connectivity index (χ3v) is 8.77. The Bertz CT molecular complexity index is 1310. The van der Waals surface area contributed by atoms with Crippen LogP contribution < -0.4 is 4.74 Å².